The number of nitrogens with zero attached hydrogens (tertiary/aromatic N) is 1. The van der Waals surface area contributed by atoms with Gasteiger partial charge < -0.3 is 19.7 Å². The van der Waals surface area contributed by atoms with Crippen LogP contribution >= 0.6 is 0 Å². The van der Waals surface area contributed by atoms with Crippen LogP contribution in [-0.4, -0.2) is 35.6 Å². The van der Waals surface area contributed by atoms with Crippen LogP contribution in [0.1, 0.15) is 43.9 Å². The minimum atomic E-state index is -0.557. The van der Waals surface area contributed by atoms with E-state index in [2.05, 4.69) is 5.32 Å². The molecule has 3 rings (SSSR count). The van der Waals surface area contributed by atoms with Gasteiger partial charge >= 0.3 is 0 Å². The molecule has 0 saturated heterocycles. The fourth-order valence-electron chi connectivity index (χ4n) is 3.37. The van der Waals surface area contributed by atoms with E-state index in [0.717, 1.165) is 22.4 Å². The zero-order chi connectivity index (χ0) is 21.7. The molecule has 0 spiro atoms. The number of nitrogens with one attached hydrogen (secondary N) is 1. The maximum Gasteiger partial charge on any atom is 0.242 e. The summed E-state index contributed by atoms with van der Waals surface area (Å²) in [7, 11) is 0. The van der Waals surface area contributed by atoms with Gasteiger partial charge in [-0.3, -0.25) is 9.59 Å². The molecule has 0 aliphatic carbocycles. The van der Waals surface area contributed by atoms with Crippen LogP contribution in [0.25, 0.3) is 0 Å². The Bertz CT molecular complexity index is 893. The summed E-state index contributed by atoms with van der Waals surface area (Å²) < 4.78 is 10.8. The minimum absolute atomic E-state index is 0.0184. The summed E-state index contributed by atoms with van der Waals surface area (Å²) in [5.41, 5.74) is 3.16. The van der Waals surface area contributed by atoms with Crippen LogP contribution in [0.15, 0.2) is 42.5 Å². The number of ether oxygens (including phenoxy) is 2. The third-order valence-electron chi connectivity index (χ3n) is 5.14. The van der Waals surface area contributed by atoms with Gasteiger partial charge in [-0.05, 0) is 57.4 Å². The Hall–Kier alpha value is -3.02. The quantitative estimate of drug-likeness (QED) is 0.722. The Morgan fingerprint density at radius 2 is 1.67 bits per heavy atom. The van der Waals surface area contributed by atoms with Crippen molar-refractivity contribution in [3.8, 4) is 11.5 Å². The molecule has 0 fully saturated rings. The highest BCUT2D eigenvalue weighted by Crippen LogP contribution is 2.32. The van der Waals surface area contributed by atoms with E-state index in [0.29, 0.717) is 25.1 Å². The largest absolute Gasteiger partial charge is 0.454 e. The summed E-state index contributed by atoms with van der Waals surface area (Å²) >= 11 is 0. The highest BCUT2D eigenvalue weighted by atomic mass is 16.7. The first-order valence-corrected chi connectivity index (χ1v) is 10.4. The van der Waals surface area contributed by atoms with Gasteiger partial charge in [0.25, 0.3) is 0 Å². The van der Waals surface area contributed by atoms with Gasteiger partial charge in [0.15, 0.2) is 11.5 Å². The van der Waals surface area contributed by atoms with Crippen molar-refractivity contribution in [3.63, 3.8) is 0 Å². The van der Waals surface area contributed by atoms with Gasteiger partial charge in [0.2, 0.25) is 18.6 Å². The van der Waals surface area contributed by atoms with Gasteiger partial charge in [-0.25, -0.2) is 0 Å². The minimum Gasteiger partial charge on any atom is -0.454 e. The smallest absolute Gasteiger partial charge is 0.242 e. The number of rotatable bonds is 8. The van der Waals surface area contributed by atoms with Gasteiger partial charge in [-0.2, -0.15) is 0 Å². The third kappa shape index (κ3) is 5.53. The summed E-state index contributed by atoms with van der Waals surface area (Å²) in [4.78, 5) is 27.4. The molecule has 6 heteroatoms. The first kappa shape index (κ1) is 21.7. The fraction of sp³-hybridized carbons (Fsp3) is 0.417. The van der Waals surface area contributed by atoms with Crippen molar-refractivity contribution in [3.05, 3.63) is 59.2 Å². The van der Waals surface area contributed by atoms with E-state index in [1.165, 1.54) is 0 Å². The maximum absolute atomic E-state index is 13.1. The van der Waals surface area contributed by atoms with Crippen LogP contribution in [0.5, 0.6) is 11.5 Å². The Morgan fingerprint density at radius 3 is 2.37 bits per heavy atom. The number of benzene rings is 2. The predicted molar refractivity (Wildman–Crippen MR) is 115 cm³/mol. The molecule has 160 valence electrons. The lowest BCUT2D eigenvalue weighted by atomic mass is 10.1. The standard InChI is InChI=1S/C24H30N2O4/c1-16(2)25-24(28)18(4)26(14-20-7-5-17(3)6-8-20)23(27)12-10-19-9-11-21-22(13-19)30-15-29-21/h5-9,11,13,16,18H,10,12,14-15H2,1-4H3,(H,25,28)/t18-/m0/s1. The van der Waals surface area contributed by atoms with E-state index >= 15 is 0 Å². The number of hydrogen-bond donors (Lipinski definition) is 1. The number of hydrogen-bond acceptors (Lipinski definition) is 4. The van der Waals surface area contributed by atoms with Crippen molar-refractivity contribution in [2.75, 3.05) is 6.79 Å². The zero-order valence-electron chi connectivity index (χ0n) is 18.1. The monoisotopic (exact) mass is 410 g/mol. The number of carbonyl (C=O) groups is 2. The molecule has 6 nitrogen and oxygen atoms in total. The van der Waals surface area contributed by atoms with Crippen molar-refractivity contribution in [1.82, 2.24) is 10.2 Å². The fourth-order valence-corrected chi connectivity index (χ4v) is 3.37. The van der Waals surface area contributed by atoms with Gasteiger partial charge in [0.05, 0.1) is 0 Å². The van der Waals surface area contributed by atoms with E-state index < -0.39 is 6.04 Å². The van der Waals surface area contributed by atoms with Gasteiger partial charge in [-0.15, -0.1) is 0 Å². The second-order valence-electron chi connectivity index (χ2n) is 8.03. The van der Waals surface area contributed by atoms with Crippen molar-refractivity contribution >= 4 is 11.8 Å². The molecule has 2 aromatic rings. The molecule has 1 heterocycles. The second-order valence-corrected chi connectivity index (χ2v) is 8.03. The summed E-state index contributed by atoms with van der Waals surface area (Å²) in [6, 6.07) is 13.2. The molecular formula is C24H30N2O4. The lowest BCUT2D eigenvalue weighted by Gasteiger charge is -2.29. The van der Waals surface area contributed by atoms with Crippen molar-refractivity contribution in [2.45, 2.75) is 59.2 Å². The summed E-state index contributed by atoms with van der Waals surface area (Å²) in [5, 5.41) is 2.91. The van der Waals surface area contributed by atoms with Gasteiger partial charge in [0.1, 0.15) is 6.04 Å². The Labute approximate surface area is 178 Å². The maximum atomic E-state index is 13.1. The van der Waals surface area contributed by atoms with E-state index in [1.54, 1.807) is 11.8 Å². The van der Waals surface area contributed by atoms with Crippen LogP contribution in [0.4, 0.5) is 0 Å². The lowest BCUT2D eigenvalue weighted by molar-refractivity contribution is -0.140. The predicted octanol–water partition coefficient (Wildman–Crippen LogP) is 3.60. The average Bonchev–Trinajstić information content (AvgIpc) is 3.18. The van der Waals surface area contributed by atoms with Crippen molar-refractivity contribution in [1.29, 1.82) is 0 Å². The van der Waals surface area contributed by atoms with E-state index in [-0.39, 0.29) is 24.6 Å². The first-order valence-electron chi connectivity index (χ1n) is 10.4. The van der Waals surface area contributed by atoms with E-state index in [4.69, 9.17) is 9.47 Å². The van der Waals surface area contributed by atoms with Crippen LogP contribution in [-0.2, 0) is 22.6 Å². The van der Waals surface area contributed by atoms with Gasteiger partial charge in [-0.1, -0.05) is 35.9 Å². The normalized spacial score (nSPS) is 13.2. The van der Waals surface area contributed by atoms with Crippen molar-refractivity contribution < 1.29 is 19.1 Å². The number of fused-ring (bicyclic) bond motifs is 1. The molecule has 0 radical (unpaired) electrons. The van der Waals surface area contributed by atoms with Crippen LogP contribution < -0.4 is 14.8 Å². The van der Waals surface area contributed by atoms with E-state index in [1.807, 2.05) is 63.2 Å². The van der Waals surface area contributed by atoms with Crippen molar-refractivity contribution in [2.24, 2.45) is 0 Å². The molecule has 0 bridgehead atoms. The van der Waals surface area contributed by atoms with Gasteiger partial charge in [0, 0.05) is 19.0 Å². The first-order chi connectivity index (χ1) is 14.3. The van der Waals surface area contributed by atoms with Crippen LogP contribution in [0, 0.1) is 6.92 Å². The number of carbonyl (C=O) groups excluding carboxylic acids is 2. The molecule has 1 aliphatic rings. The highest BCUT2D eigenvalue weighted by molar-refractivity contribution is 5.87. The third-order valence-corrected chi connectivity index (χ3v) is 5.14. The molecule has 1 atom stereocenters. The van der Waals surface area contributed by atoms with E-state index in [9.17, 15) is 9.59 Å². The second kappa shape index (κ2) is 9.65. The lowest BCUT2D eigenvalue weighted by Crippen LogP contribution is -2.49. The molecule has 0 aromatic heterocycles. The Kier molecular flexibility index (Phi) is 6.98. The molecule has 30 heavy (non-hydrogen) atoms. The topological polar surface area (TPSA) is 67.9 Å². The molecule has 0 saturated carbocycles. The summed E-state index contributed by atoms with van der Waals surface area (Å²) in [6.07, 6.45) is 0.878. The summed E-state index contributed by atoms with van der Waals surface area (Å²) in [5.74, 6) is 1.24. The summed E-state index contributed by atoms with van der Waals surface area (Å²) in [6.45, 7) is 8.26. The molecule has 2 aromatic carbocycles. The Balaban J connectivity index is 1.71. The zero-order valence-corrected chi connectivity index (χ0v) is 18.1. The number of amides is 2. The van der Waals surface area contributed by atoms with Crippen LogP contribution in [0.3, 0.4) is 0 Å². The number of aryl methyl sites for hydroxylation is 2. The molecule has 1 aliphatic heterocycles. The highest BCUT2D eigenvalue weighted by Gasteiger charge is 2.26. The average molecular weight is 411 g/mol. The molecule has 0 unspecified atom stereocenters. The Morgan fingerprint density at radius 1 is 1.00 bits per heavy atom. The van der Waals surface area contributed by atoms with Crippen LogP contribution in [0.2, 0.25) is 0 Å². The molecule has 2 amide bonds. The SMILES string of the molecule is Cc1ccc(CN(C(=O)CCc2ccc3c(c2)OCO3)[C@@H](C)C(=O)NC(C)C)cc1. The molecular weight excluding hydrogens is 380 g/mol. The molecule has 1 N–H and O–H groups in total.